The summed E-state index contributed by atoms with van der Waals surface area (Å²) in [5.41, 5.74) is 1.81. The Balaban J connectivity index is 1.77. The van der Waals surface area contributed by atoms with Gasteiger partial charge in [-0.15, -0.1) is 0 Å². The van der Waals surface area contributed by atoms with Crippen LogP contribution in [0.25, 0.3) is 0 Å². The van der Waals surface area contributed by atoms with E-state index in [1.807, 2.05) is 31.2 Å². The number of aryl methyl sites for hydroxylation is 1. The first-order valence-electron chi connectivity index (χ1n) is 9.19. The molecule has 3 aromatic carbocycles. The van der Waals surface area contributed by atoms with Crippen molar-refractivity contribution in [3.05, 3.63) is 98.8 Å². The largest absolute Gasteiger partial charge is 0.350 e. The number of anilines is 2. The topological polar surface area (TPSA) is 49.4 Å². The molecule has 1 heterocycles. The van der Waals surface area contributed by atoms with Gasteiger partial charge in [0, 0.05) is 10.6 Å². The summed E-state index contributed by atoms with van der Waals surface area (Å²) in [6, 6.07) is 18.2. The van der Waals surface area contributed by atoms with Crippen LogP contribution in [0, 0.1) is 12.7 Å². The third-order valence-electron chi connectivity index (χ3n) is 4.56. The number of amides is 2. The number of carbonyl (C=O) groups is 2. The van der Waals surface area contributed by atoms with Gasteiger partial charge in [0.05, 0.1) is 15.7 Å². The van der Waals surface area contributed by atoms with Crippen molar-refractivity contribution >= 4 is 58.2 Å². The number of benzene rings is 3. The van der Waals surface area contributed by atoms with Crippen LogP contribution in [-0.2, 0) is 9.59 Å². The van der Waals surface area contributed by atoms with Crippen molar-refractivity contribution in [1.82, 2.24) is 0 Å². The zero-order chi connectivity index (χ0) is 22.1. The first kappa shape index (κ1) is 21.4. The maximum absolute atomic E-state index is 13.6. The summed E-state index contributed by atoms with van der Waals surface area (Å²) in [6.07, 6.45) is 0. The van der Waals surface area contributed by atoms with E-state index >= 15 is 0 Å². The van der Waals surface area contributed by atoms with Gasteiger partial charge in [0.15, 0.2) is 0 Å². The molecule has 1 N–H and O–H groups in total. The molecule has 0 unspecified atom stereocenters. The molecule has 1 aliphatic heterocycles. The van der Waals surface area contributed by atoms with E-state index in [4.69, 9.17) is 23.2 Å². The molecule has 0 atom stereocenters. The Morgan fingerprint density at radius 2 is 1.61 bits per heavy atom. The molecule has 156 valence electrons. The normalized spacial score (nSPS) is 13.9. The minimum atomic E-state index is -0.582. The van der Waals surface area contributed by atoms with Crippen molar-refractivity contribution < 1.29 is 14.0 Å². The molecule has 0 spiro atoms. The number of rotatable bonds is 5. The van der Waals surface area contributed by atoms with Gasteiger partial charge in [-0.05, 0) is 49.4 Å². The van der Waals surface area contributed by atoms with E-state index in [0.29, 0.717) is 5.69 Å². The Bertz CT molecular complexity index is 1230. The highest BCUT2D eigenvalue weighted by Crippen LogP contribution is 2.39. The summed E-state index contributed by atoms with van der Waals surface area (Å²) < 4.78 is 13.6. The summed E-state index contributed by atoms with van der Waals surface area (Å²) in [7, 11) is 0. The molecule has 8 heteroatoms. The van der Waals surface area contributed by atoms with Gasteiger partial charge in [-0.3, -0.25) is 9.59 Å². The summed E-state index contributed by atoms with van der Waals surface area (Å²) in [5.74, 6) is -1.64. The SMILES string of the molecule is Cc1ccc(SC2=C(Nc3ccc(F)c(Cl)c3)C(=O)N(c3ccccc3Cl)C2=O)cc1. The Morgan fingerprint density at radius 3 is 2.29 bits per heavy atom. The first-order valence-corrected chi connectivity index (χ1v) is 10.8. The molecule has 4 nitrogen and oxygen atoms in total. The van der Waals surface area contributed by atoms with E-state index in [-0.39, 0.29) is 26.3 Å². The van der Waals surface area contributed by atoms with Crippen molar-refractivity contribution in [3.63, 3.8) is 0 Å². The van der Waals surface area contributed by atoms with E-state index in [2.05, 4.69) is 5.32 Å². The molecule has 1 aliphatic rings. The Morgan fingerprint density at radius 1 is 0.903 bits per heavy atom. The Hall–Kier alpha value is -2.80. The number of nitrogens with one attached hydrogen (secondary N) is 1. The minimum absolute atomic E-state index is 0.0677. The number of para-hydroxylation sites is 1. The van der Waals surface area contributed by atoms with Crippen LogP contribution < -0.4 is 10.2 Å². The monoisotopic (exact) mass is 472 g/mol. The van der Waals surface area contributed by atoms with Crippen molar-refractivity contribution in [1.29, 1.82) is 0 Å². The van der Waals surface area contributed by atoms with Crippen LogP contribution >= 0.6 is 35.0 Å². The molecular weight excluding hydrogens is 458 g/mol. The molecule has 4 rings (SSSR count). The molecule has 0 bridgehead atoms. The summed E-state index contributed by atoms with van der Waals surface area (Å²) in [4.78, 5) is 28.6. The second kappa shape index (κ2) is 8.75. The van der Waals surface area contributed by atoms with Crippen molar-refractivity contribution in [2.75, 3.05) is 10.2 Å². The quantitative estimate of drug-likeness (QED) is 0.434. The second-order valence-electron chi connectivity index (χ2n) is 6.77. The van der Waals surface area contributed by atoms with Crippen LogP contribution in [0.4, 0.5) is 15.8 Å². The van der Waals surface area contributed by atoms with E-state index in [0.717, 1.165) is 15.4 Å². The predicted molar refractivity (Wildman–Crippen MR) is 123 cm³/mol. The maximum atomic E-state index is 13.6. The van der Waals surface area contributed by atoms with Crippen LogP contribution in [0.15, 0.2) is 82.2 Å². The smallest absolute Gasteiger partial charge is 0.283 e. The number of hydrogen-bond acceptors (Lipinski definition) is 4. The lowest BCUT2D eigenvalue weighted by Crippen LogP contribution is -2.32. The van der Waals surface area contributed by atoms with Gasteiger partial charge in [-0.1, -0.05) is 64.8 Å². The molecule has 0 radical (unpaired) electrons. The third kappa shape index (κ3) is 4.32. The van der Waals surface area contributed by atoms with Gasteiger partial charge >= 0.3 is 0 Å². The molecule has 2 amide bonds. The van der Waals surface area contributed by atoms with Crippen LogP contribution in [0.3, 0.4) is 0 Å². The van der Waals surface area contributed by atoms with Crippen LogP contribution in [-0.4, -0.2) is 11.8 Å². The summed E-state index contributed by atoms with van der Waals surface area (Å²) >= 11 is 13.3. The lowest BCUT2D eigenvalue weighted by Gasteiger charge is -2.16. The standard InChI is InChI=1S/C23H15Cl2FN2O2S/c1-13-6-9-15(10-7-13)31-21-20(27-14-8-11-18(26)17(25)12-14)22(29)28(23(21)30)19-5-3-2-4-16(19)24/h2-12,27H,1H3. The maximum Gasteiger partial charge on any atom is 0.283 e. The fourth-order valence-corrected chi connectivity index (χ4v) is 4.34. The highest BCUT2D eigenvalue weighted by molar-refractivity contribution is 8.04. The molecule has 0 fully saturated rings. The summed E-state index contributed by atoms with van der Waals surface area (Å²) in [5, 5.41) is 3.12. The molecule has 0 saturated heterocycles. The highest BCUT2D eigenvalue weighted by atomic mass is 35.5. The van der Waals surface area contributed by atoms with Crippen molar-refractivity contribution in [2.45, 2.75) is 11.8 Å². The fraction of sp³-hybridized carbons (Fsp3) is 0.0435. The fourth-order valence-electron chi connectivity index (χ4n) is 3.01. The van der Waals surface area contributed by atoms with Crippen molar-refractivity contribution in [2.24, 2.45) is 0 Å². The Labute approximate surface area is 192 Å². The average molecular weight is 473 g/mol. The predicted octanol–water partition coefficient (Wildman–Crippen LogP) is 6.43. The molecular formula is C23H15Cl2FN2O2S. The van der Waals surface area contributed by atoms with Gasteiger partial charge in [-0.2, -0.15) is 0 Å². The zero-order valence-electron chi connectivity index (χ0n) is 16.2. The Kier molecular flexibility index (Phi) is 6.05. The lowest BCUT2D eigenvalue weighted by atomic mass is 10.2. The minimum Gasteiger partial charge on any atom is -0.350 e. The first-order chi connectivity index (χ1) is 14.8. The molecule has 0 saturated carbocycles. The molecule has 3 aromatic rings. The van der Waals surface area contributed by atoms with Crippen LogP contribution in [0.2, 0.25) is 10.0 Å². The van der Waals surface area contributed by atoms with E-state index < -0.39 is 17.6 Å². The van der Waals surface area contributed by atoms with Gasteiger partial charge in [-0.25, -0.2) is 9.29 Å². The molecule has 0 aliphatic carbocycles. The highest BCUT2D eigenvalue weighted by Gasteiger charge is 2.41. The number of thioether (sulfide) groups is 1. The molecule has 0 aromatic heterocycles. The zero-order valence-corrected chi connectivity index (χ0v) is 18.5. The number of nitrogens with zero attached hydrogens (tertiary/aromatic N) is 1. The average Bonchev–Trinajstić information content (AvgIpc) is 2.97. The van der Waals surface area contributed by atoms with Crippen LogP contribution in [0.5, 0.6) is 0 Å². The van der Waals surface area contributed by atoms with Crippen LogP contribution in [0.1, 0.15) is 5.56 Å². The van der Waals surface area contributed by atoms with E-state index in [1.165, 1.54) is 30.0 Å². The van der Waals surface area contributed by atoms with E-state index in [9.17, 15) is 14.0 Å². The van der Waals surface area contributed by atoms with Gasteiger partial charge in [0.2, 0.25) is 0 Å². The van der Waals surface area contributed by atoms with Gasteiger partial charge in [0.25, 0.3) is 11.8 Å². The lowest BCUT2D eigenvalue weighted by molar-refractivity contribution is -0.120. The number of carbonyl (C=O) groups excluding carboxylic acids is 2. The van der Waals surface area contributed by atoms with Crippen molar-refractivity contribution in [3.8, 4) is 0 Å². The summed E-state index contributed by atoms with van der Waals surface area (Å²) in [6.45, 7) is 1.96. The van der Waals surface area contributed by atoms with E-state index in [1.54, 1.807) is 24.3 Å². The molecule has 31 heavy (non-hydrogen) atoms. The van der Waals surface area contributed by atoms with Gasteiger partial charge in [0.1, 0.15) is 16.4 Å². The number of imide groups is 1. The number of halogens is 3. The third-order valence-corrected chi connectivity index (χ3v) is 6.26. The second-order valence-corrected chi connectivity index (χ2v) is 8.67. The number of hydrogen-bond donors (Lipinski definition) is 1. The van der Waals surface area contributed by atoms with Gasteiger partial charge < -0.3 is 5.32 Å².